The minimum Gasteiger partial charge on any atom is -0.326 e. The topological polar surface area (TPSA) is 46.4 Å². The number of halogens is 2. The molecule has 2 aromatic rings. The van der Waals surface area contributed by atoms with Gasteiger partial charge in [0.05, 0.1) is 12.5 Å². The number of rotatable bonds is 4. The molecule has 0 saturated heterocycles. The number of benzene rings is 1. The summed E-state index contributed by atoms with van der Waals surface area (Å²) in [6.07, 6.45) is 5.27. The van der Waals surface area contributed by atoms with Gasteiger partial charge in [-0.3, -0.25) is 9.79 Å². The smallest absolute Gasteiger partial charge is 0.230 e. The molecule has 1 aromatic carbocycles. The van der Waals surface area contributed by atoms with Crippen LogP contribution in [0, 0.1) is 0 Å². The molecule has 1 N–H and O–H groups in total. The first-order chi connectivity index (χ1) is 11.1. The van der Waals surface area contributed by atoms with E-state index in [0.717, 1.165) is 16.2 Å². The van der Waals surface area contributed by atoms with E-state index >= 15 is 0 Å². The van der Waals surface area contributed by atoms with Gasteiger partial charge in [0.2, 0.25) is 5.91 Å². The predicted octanol–water partition coefficient (Wildman–Crippen LogP) is 4.19. The Hall–Kier alpha value is -1.30. The molecule has 1 heterocycles. The molecule has 24 heavy (non-hydrogen) atoms. The van der Waals surface area contributed by atoms with Crippen molar-refractivity contribution in [1.82, 2.24) is 4.57 Å². The van der Waals surface area contributed by atoms with E-state index < -0.39 is 0 Å². The molecule has 0 aliphatic heterocycles. The van der Waals surface area contributed by atoms with Gasteiger partial charge in [-0.1, -0.05) is 24.4 Å². The van der Waals surface area contributed by atoms with Gasteiger partial charge >= 0.3 is 0 Å². The fourth-order valence-electron chi connectivity index (χ4n) is 2.77. The molecular formula is C17H21Cl2N3OS. The van der Waals surface area contributed by atoms with Crippen LogP contribution in [0.5, 0.6) is 0 Å². The molecule has 3 rings (SSSR count). The van der Waals surface area contributed by atoms with Crippen LogP contribution in [-0.4, -0.2) is 16.5 Å². The average Bonchev–Trinajstić information content (AvgIpc) is 3.15. The van der Waals surface area contributed by atoms with Gasteiger partial charge in [0.25, 0.3) is 0 Å². The number of amides is 1. The second-order valence-corrected chi connectivity index (χ2v) is 7.14. The highest BCUT2D eigenvalue weighted by molar-refractivity contribution is 7.07. The standard InChI is InChI=1S/C17H20ClN3OS.ClH/c1-21-15(11-23-17(21)20-13-4-2-3-5-13)10-16(22)19-14-8-6-12(18)7-9-14;/h6-9,11,13H,2-5,10H2,1H3,(H,19,22);1H. The monoisotopic (exact) mass is 385 g/mol. The first-order valence-electron chi connectivity index (χ1n) is 7.84. The second-order valence-electron chi connectivity index (χ2n) is 5.87. The number of thiazole rings is 1. The molecule has 0 atom stereocenters. The van der Waals surface area contributed by atoms with Crippen LogP contribution in [0.25, 0.3) is 0 Å². The van der Waals surface area contributed by atoms with Gasteiger partial charge < -0.3 is 9.88 Å². The number of hydrogen-bond acceptors (Lipinski definition) is 3. The summed E-state index contributed by atoms with van der Waals surface area (Å²) < 4.78 is 2.03. The molecule has 4 nitrogen and oxygen atoms in total. The molecule has 130 valence electrons. The van der Waals surface area contributed by atoms with E-state index in [0.29, 0.717) is 17.5 Å². The minimum atomic E-state index is -0.0341. The van der Waals surface area contributed by atoms with Crippen LogP contribution in [0.3, 0.4) is 0 Å². The van der Waals surface area contributed by atoms with Crippen LogP contribution in [0.2, 0.25) is 5.02 Å². The van der Waals surface area contributed by atoms with Crippen molar-refractivity contribution in [2.75, 3.05) is 5.32 Å². The van der Waals surface area contributed by atoms with Gasteiger partial charge in [-0.2, -0.15) is 0 Å². The zero-order valence-electron chi connectivity index (χ0n) is 13.5. The summed E-state index contributed by atoms with van der Waals surface area (Å²) >= 11 is 7.46. The van der Waals surface area contributed by atoms with E-state index in [-0.39, 0.29) is 18.3 Å². The number of anilines is 1. The normalized spacial score (nSPS) is 15.3. The Morgan fingerprint density at radius 3 is 2.67 bits per heavy atom. The van der Waals surface area contributed by atoms with Crippen LogP contribution < -0.4 is 10.1 Å². The Bertz CT molecular complexity index is 746. The third-order valence-electron chi connectivity index (χ3n) is 4.11. The molecule has 1 amide bonds. The first-order valence-corrected chi connectivity index (χ1v) is 9.10. The second kappa shape index (κ2) is 8.70. The summed E-state index contributed by atoms with van der Waals surface area (Å²) in [7, 11) is 1.98. The summed E-state index contributed by atoms with van der Waals surface area (Å²) in [5.74, 6) is -0.0341. The molecule has 1 aliphatic carbocycles. The Morgan fingerprint density at radius 2 is 2.00 bits per heavy atom. The van der Waals surface area contributed by atoms with Crippen molar-refractivity contribution in [2.45, 2.75) is 38.1 Å². The maximum absolute atomic E-state index is 12.2. The van der Waals surface area contributed by atoms with Crippen molar-refractivity contribution in [3.63, 3.8) is 0 Å². The third kappa shape index (κ3) is 4.85. The number of hydrogen-bond donors (Lipinski definition) is 1. The number of carbonyl (C=O) groups is 1. The van der Waals surface area contributed by atoms with E-state index in [1.165, 1.54) is 25.7 Å². The summed E-state index contributed by atoms with van der Waals surface area (Å²) in [4.78, 5) is 18.0. The lowest BCUT2D eigenvalue weighted by Gasteiger charge is -2.06. The summed E-state index contributed by atoms with van der Waals surface area (Å²) in [5.41, 5.74) is 1.74. The van der Waals surface area contributed by atoms with Crippen molar-refractivity contribution in [1.29, 1.82) is 0 Å². The first kappa shape index (κ1) is 19.0. The third-order valence-corrected chi connectivity index (χ3v) is 5.34. The molecule has 0 radical (unpaired) electrons. The predicted molar refractivity (Wildman–Crippen MR) is 102 cm³/mol. The maximum atomic E-state index is 12.2. The van der Waals surface area contributed by atoms with Gasteiger partial charge in [-0.25, -0.2) is 0 Å². The molecule has 1 fully saturated rings. The molecule has 1 aliphatic rings. The van der Waals surface area contributed by atoms with E-state index in [2.05, 4.69) is 5.32 Å². The van der Waals surface area contributed by atoms with Crippen molar-refractivity contribution >= 4 is 46.9 Å². The van der Waals surface area contributed by atoms with Gasteiger partial charge in [0.1, 0.15) is 0 Å². The molecule has 1 aromatic heterocycles. The summed E-state index contributed by atoms with van der Waals surface area (Å²) in [6.45, 7) is 0. The Balaban J connectivity index is 0.00000208. The molecule has 7 heteroatoms. The Labute approximate surface area is 157 Å². The fourth-order valence-corrected chi connectivity index (χ4v) is 3.87. The summed E-state index contributed by atoms with van der Waals surface area (Å²) in [5, 5.41) is 5.57. The van der Waals surface area contributed by atoms with Crippen LogP contribution >= 0.6 is 35.3 Å². The number of nitrogens with zero attached hydrogens (tertiary/aromatic N) is 2. The highest BCUT2D eigenvalue weighted by Crippen LogP contribution is 2.20. The molecule has 0 bridgehead atoms. The fraction of sp³-hybridized carbons (Fsp3) is 0.412. The largest absolute Gasteiger partial charge is 0.326 e. The van der Waals surface area contributed by atoms with Crippen LogP contribution in [-0.2, 0) is 18.3 Å². The number of nitrogens with one attached hydrogen (secondary N) is 1. The highest BCUT2D eigenvalue weighted by Gasteiger charge is 2.14. The molecular weight excluding hydrogens is 365 g/mol. The number of aromatic nitrogens is 1. The average molecular weight is 386 g/mol. The zero-order chi connectivity index (χ0) is 16.2. The Kier molecular flexibility index (Phi) is 6.90. The maximum Gasteiger partial charge on any atom is 0.230 e. The highest BCUT2D eigenvalue weighted by atomic mass is 35.5. The summed E-state index contributed by atoms with van der Waals surface area (Å²) in [6, 6.07) is 7.58. The van der Waals surface area contributed by atoms with Crippen LogP contribution in [0.15, 0.2) is 34.6 Å². The van der Waals surface area contributed by atoms with Crippen molar-refractivity contribution < 1.29 is 4.79 Å². The van der Waals surface area contributed by atoms with Crippen molar-refractivity contribution in [3.05, 3.63) is 45.2 Å². The molecule has 0 spiro atoms. The number of carbonyl (C=O) groups excluding carboxylic acids is 1. The molecule has 1 saturated carbocycles. The van der Waals surface area contributed by atoms with Crippen LogP contribution in [0.1, 0.15) is 31.4 Å². The van der Waals surface area contributed by atoms with E-state index in [1.807, 2.05) is 17.0 Å². The lowest BCUT2D eigenvalue weighted by Crippen LogP contribution is -2.20. The zero-order valence-corrected chi connectivity index (χ0v) is 15.9. The Morgan fingerprint density at radius 1 is 1.33 bits per heavy atom. The van der Waals surface area contributed by atoms with Gasteiger partial charge in [-0.05, 0) is 37.1 Å². The quantitative estimate of drug-likeness (QED) is 0.842. The van der Waals surface area contributed by atoms with Crippen LogP contribution in [0.4, 0.5) is 5.69 Å². The minimum absolute atomic E-state index is 0. The van der Waals surface area contributed by atoms with E-state index in [4.69, 9.17) is 16.6 Å². The SMILES string of the molecule is Cl.Cn1c(CC(=O)Nc2ccc(Cl)cc2)csc1=NC1CCCC1. The molecule has 0 unspecified atom stereocenters. The van der Waals surface area contributed by atoms with Crippen molar-refractivity contribution in [3.8, 4) is 0 Å². The lowest BCUT2D eigenvalue weighted by atomic mass is 10.3. The van der Waals surface area contributed by atoms with Gasteiger partial charge in [-0.15, -0.1) is 23.7 Å². The van der Waals surface area contributed by atoms with Gasteiger partial charge in [0, 0.05) is 28.8 Å². The van der Waals surface area contributed by atoms with E-state index in [9.17, 15) is 4.79 Å². The van der Waals surface area contributed by atoms with Gasteiger partial charge in [0.15, 0.2) is 4.80 Å². The van der Waals surface area contributed by atoms with E-state index in [1.54, 1.807) is 35.6 Å². The van der Waals surface area contributed by atoms with Crippen molar-refractivity contribution in [2.24, 2.45) is 12.0 Å². The lowest BCUT2D eigenvalue weighted by molar-refractivity contribution is -0.115.